The summed E-state index contributed by atoms with van der Waals surface area (Å²) in [6.45, 7) is 0.377. The highest BCUT2D eigenvalue weighted by Crippen LogP contribution is 2.34. The molecule has 2 heterocycles. The van der Waals surface area contributed by atoms with E-state index in [0.717, 1.165) is 11.4 Å². The van der Waals surface area contributed by atoms with Gasteiger partial charge in [-0.05, 0) is 24.3 Å². The lowest BCUT2D eigenvalue weighted by molar-refractivity contribution is -0.143. The van der Waals surface area contributed by atoms with E-state index >= 15 is 0 Å². The van der Waals surface area contributed by atoms with Crippen LogP contribution in [0.25, 0.3) is 0 Å². The molecule has 3 rings (SSSR count). The zero-order valence-electron chi connectivity index (χ0n) is 11.6. The Morgan fingerprint density at radius 1 is 1.24 bits per heavy atom. The predicted octanol–water partition coefficient (Wildman–Crippen LogP) is 0.961. The molecule has 0 amide bonds. The average molecular weight is 293 g/mol. The van der Waals surface area contributed by atoms with Crippen molar-refractivity contribution in [2.45, 2.75) is 18.2 Å². The number of carbonyl (C=O) groups excluding carboxylic acids is 2. The van der Waals surface area contributed by atoms with Crippen molar-refractivity contribution in [3.8, 4) is 5.75 Å². The Morgan fingerprint density at radius 2 is 1.95 bits per heavy atom. The fourth-order valence-corrected chi connectivity index (χ4v) is 2.72. The van der Waals surface area contributed by atoms with Gasteiger partial charge in [0.2, 0.25) is 0 Å². The summed E-state index contributed by atoms with van der Waals surface area (Å²) >= 11 is 0. The second-order valence-corrected chi connectivity index (χ2v) is 4.81. The van der Waals surface area contributed by atoms with Crippen molar-refractivity contribution in [1.29, 1.82) is 0 Å². The van der Waals surface area contributed by atoms with Gasteiger partial charge in [0.1, 0.15) is 5.75 Å². The van der Waals surface area contributed by atoms with Crippen LogP contribution in [0.2, 0.25) is 0 Å². The highest BCUT2D eigenvalue weighted by atomic mass is 16.8. The molecular weight excluding hydrogens is 278 g/mol. The lowest BCUT2D eigenvalue weighted by Gasteiger charge is -2.26. The van der Waals surface area contributed by atoms with Crippen LogP contribution in [-0.2, 0) is 19.0 Å². The van der Waals surface area contributed by atoms with Gasteiger partial charge in [0, 0.05) is 5.69 Å². The van der Waals surface area contributed by atoms with Crippen molar-refractivity contribution in [2.75, 3.05) is 25.7 Å². The molecule has 1 aromatic carbocycles. The molecule has 112 valence electrons. The van der Waals surface area contributed by atoms with Crippen LogP contribution in [0.5, 0.6) is 5.75 Å². The van der Waals surface area contributed by atoms with E-state index in [1.807, 2.05) is 17.0 Å². The quantitative estimate of drug-likeness (QED) is 0.768. The fraction of sp³-hybridized carbons (Fsp3) is 0.429. The molecule has 2 fully saturated rings. The van der Waals surface area contributed by atoms with Crippen LogP contribution in [-0.4, -0.2) is 51.1 Å². The summed E-state index contributed by atoms with van der Waals surface area (Å²) in [5.74, 6) is 0.257. The number of anilines is 1. The molecule has 1 aromatic rings. The summed E-state index contributed by atoms with van der Waals surface area (Å²) in [5, 5.41) is 0. The summed E-state index contributed by atoms with van der Waals surface area (Å²) in [6, 6.07) is 6.55. The summed E-state index contributed by atoms with van der Waals surface area (Å²) < 4.78 is 20.1. The number of fused-ring (bicyclic) bond motifs is 1. The first-order chi connectivity index (χ1) is 10.1. The lowest BCUT2D eigenvalue weighted by Crippen LogP contribution is -2.43. The first kappa shape index (κ1) is 13.5. The standard InChI is InChI=1S/C14H15NO6/c1-18-9-5-3-8(4-6-9)15-7-10-12(21-14(17)20-10)11(15)13(16)19-2/h3-6,10-12H,7H2,1-2H3/t10-,11?,12-/m0/s1. The maximum atomic E-state index is 12.0. The maximum absolute atomic E-state index is 12.0. The Bertz CT molecular complexity index is 557. The monoisotopic (exact) mass is 293 g/mol. The van der Waals surface area contributed by atoms with Gasteiger partial charge in [-0.2, -0.15) is 0 Å². The molecule has 0 radical (unpaired) electrons. The molecule has 0 saturated carbocycles. The van der Waals surface area contributed by atoms with Gasteiger partial charge in [0.05, 0.1) is 20.8 Å². The number of hydrogen-bond donors (Lipinski definition) is 0. The number of carbonyl (C=O) groups is 2. The zero-order valence-corrected chi connectivity index (χ0v) is 11.6. The minimum atomic E-state index is -0.742. The third kappa shape index (κ3) is 2.24. The van der Waals surface area contributed by atoms with Gasteiger partial charge < -0.3 is 23.8 Å². The molecule has 2 aliphatic heterocycles. The summed E-state index contributed by atoms with van der Waals surface area (Å²) in [5.41, 5.74) is 0.806. The summed E-state index contributed by atoms with van der Waals surface area (Å²) in [6.07, 6.45) is -1.86. The van der Waals surface area contributed by atoms with Crippen molar-refractivity contribution in [3.05, 3.63) is 24.3 Å². The van der Waals surface area contributed by atoms with Crippen LogP contribution in [0.3, 0.4) is 0 Å². The molecule has 2 saturated heterocycles. The van der Waals surface area contributed by atoms with E-state index in [-0.39, 0.29) is 0 Å². The van der Waals surface area contributed by atoms with Crippen molar-refractivity contribution in [1.82, 2.24) is 0 Å². The molecule has 0 N–H and O–H groups in total. The maximum Gasteiger partial charge on any atom is 0.509 e. The smallest absolute Gasteiger partial charge is 0.497 e. The Balaban J connectivity index is 1.89. The highest BCUT2D eigenvalue weighted by Gasteiger charge is 2.55. The zero-order chi connectivity index (χ0) is 15.0. The average Bonchev–Trinajstić information content (AvgIpc) is 3.02. The molecule has 7 nitrogen and oxygen atoms in total. The van der Waals surface area contributed by atoms with Crippen molar-refractivity contribution in [2.24, 2.45) is 0 Å². The van der Waals surface area contributed by atoms with E-state index in [4.69, 9.17) is 18.9 Å². The molecule has 3 atom stereocenters. The molecule has 0 spiro atoms. The van der Waals surface area contributed by atoms with Crippen LogP contribution in [0, 0.1) is 0 Å². The minimum absolute atomic E-state index is 0.377. The van der Waals surface area contributed by atoms with E-state index in [2.05, 4.69) is 0 Å². The number of esters is 1. The molecule has 0 aliphatic carbocycles. The van der Waals surface area contributed by atoms with E-state index < -0.39 is 30.4 Å². The molecule has 0 aromatic heterocycles. The number of benzene rings is 1. The minimum Gasteiger partial charge on any atom is -0.497 e. The van der Waals surface area contributed by atoms with Crippen molar-refractivity contribution in [3.63, 3.8) is 0 Å². The van der Waals surface area contributed by atoms with Gasteiger partial charge in [0.25, 0.3) is 0 Å². The number of ether oxygens (including phenoxy) is 4. The molecule has 0 bridgehead atoms. The first-order valence-electron chi connectivity index (χ1n) is 6.50. The first-order valence-corrected chi connectivity index (χ1v) is 6.50. The fourth-order valence-electron chi connectivity index (χ4n) is 2.72. The van der Waals surface area contributed by atoms with Gasteiger partial charge in [-0.1, -0.05) is 0 Å². The predicted molar refractivity (Wildman–Crippen MR) is 71.3 cm³/mol. The van der Waals surface area contributed by atoms with Gasteiger partial charge in [-0.25, -0.2) is 9.59 Å². The van der Waals surface area contributed by atoms with Crippen LogP contribution in [0.15, 0.2) is 24.3 Å². The third-order valence-corrected chi connectivity index (χ3v) is 3.72. The van der Waals surface area contributed by atoms with E-state index in [0.29, 0.717) is 6.54 Å². The van der Waals surface area contributed by atoms with Crippen LogP contribution < -0.4 is 9.64 Å². The van der Waals surface area contributed by atoms with Gasteiger partial charge in [-0.3, -0.25) is 0 Å². The van der Waals surface area contributed by atoms with E-state index in [9.17, 15) is 9.59 Å². The second kappa shape index (κ2) is 5.16. The summed E-state index contributed by atoms with van der Waals surface area (Å²) in [4.78, 5) is 25.1. The van der Waals surface area contributed by atoms with Gasteiger partial charge in [-0.15, -0.1) is 0 Å². The normalized spacial score (nSPS) is 26.9. The Morgan fingerprint density at radius 3 is 2.57 bits per heavy atom. The molecular formula is C14H15NO6. The van der Waals surface area contributed by atoms with Gasteiger partial charge in [0.15, 0.2) is 18.2 Å². The number of nitrogens with zero attached hydrogens (tertiary/aromatic N) is 1. The molecule has 21 heavy (non-hydrogen) atoms. The number of rotatable bonds is 3. The largest absolute Gasteiger partial charge is 0.509 e. The third-order valence-electron chi connectivity index (χ3n) is 3.72. The number of methoxy groups -OCH3 is 2. The topological polar surface area (TPSA) is 74.3 Å². The van der Waals surface area contributed by atoms with Crippen molar-refractivity contribution >= 4 is 17.8 Å². The van der Waals surface area contributed by atoms with Crippen molar-refractivity contribution < 1.29 is 28.5 Å². The molecule has 2 aliphatic rings. The van der Waals surface area contributed by atoms with Crippen LogP contribution >= 0.6 is 0 Å². The Hall–Kier alpha value is -2.44. The highest BCUT2D eigenvalue weighted by molar-refractivity contribution is 5.83. The molecule has 7 heteroatoms. The Kier molecular flexibility index (Phi) is 3.32. The number of hydrogen-bond acceptors (Lipinski definition) is 7. The van der Waals surface area contributed by atoms with E-state index in [1.165, 1.54) is 7.11 Å². The molecule has 1 unspecified atom stereocenters. The van der Waals surface area contributed by atoms with Crippen LogP contribution in [0.1, 0.15) is 0 Å². The van der Waals surface area contributed by atoms with E-state index in [1.54, 1.807) is 19.2 Å². The van der Waals surface area contributed by atoms with Gasteiger partial charge >= 0.3 is 12.1 Å². The summed E-state index contributed by atoms with van der Waals surface area (Å²) in [7, 11) is 2.89. The second-order valence-electron chi connectivity index (χ2n) is 4.81. The Labute approximate surface area is 121 Å². The van der Waals surface area contributed by atoms with Crippen LogP contribution in [0.4, 0.5) is 10.5 Å². The lowest BCUT2D eigenvalue weighted by atomic mass is 10.1. The SMILES string of the molecule is COC(=O)C1[C@H]2OC(=O)O[C@H]2CN1c1ccc(OC)cc1.